The molecule has 22 heavy (non-hydrogen) atoms. The van der Waals surface area contributed by atoms with Crippen LogP contribution >= 0.6 is 12.2 Å². The zero-order valence-corrected chi connectivity index (χ0v) is 14.0. The number of nitrogens with zero attached hydrogens (tertiary/aromatic N) is 1. The molecule has 0 aliphatic carbocycles. The number of piperidine rings is 1. The summed E-state index contributed by atoms with van der Waals surface area (Å²) in [4.78, 5) is 11.2. The average molecular weight is 341 g/mol. The number of anilines is 1. The quantitative estimate of drug-likeness (QED) is 0.818. The molecule has 2 rings (SSSR count). The molecule has 1 amide bonds. The molecular weight excluding hydrogens is 322 g/mol. The van der Waals surface area contributed by atoms with Crippen molar-refractivity contribution in [2.75, 3.05) is 18.4 Å². The standard InChI is InChI=1S/C14H19N3O3S2/c1-11(18)15-14(21)16-12-5-7-13(8-6-12)22(19,20)17-9-3-2-4-10-17/h5-8H,2-4,9-10H2,1H3,(H2,15,16,18,21). The molecule has 8 heteroatoms. The van der Waals surface area contributed by atoms with Crippen molar-refractivity contribution in [1.82, 2.24) is 9.62 Å². The van der Waals surface area contributed by atoms with E-state index >= 15 is 0 Å². The number of rotatable bonds is 3. The van der Waals surface area contributed by atoms with Crippen LogP contribution in [-0.4, -0.2) is 36.8 Å². The third-order valence-corrected chi connectivity index (χ3v) is 5.47. The van der Waals surface area contributed by atoms with E-state index in [0.717, 1.165) is 19.3 Å². The monoisotopic (exact) mass is 341 g/mol. The first-order valence-corrected chi connectivity index (χ1v) is 8.93. The highest BCUT2D eigenvalue weighted by Crippen LogP contribution is 2.21. The minimum Gasteiger partial charge on any atom is -0.332 e. The largest absolute Gasteiger partial charge is 0.332 e. The molecule has 1 aliphatic heterocycles. The van der Waals surface area contributed by atoms with Crippen LogP contribution in [0.4, 0.5) is 5.69 Å². The molecule has 0 unspecified atom stereocenters. The maximum absolute atomic E-state index is 12.5. The highest BCUT2D eigenvalue weighted by molar-refractivity contribution is 7.89. The van der Waals surface area contributed by atoms with E-state index < -0.39 is 10.0 Å². The van der Waals surface area contributed by atoms with Crippen LogP contribution in [0.3, 0.4) is 0 Å². The van der Waals surface area contributed by atoms with E-state index in [9.17, 15) is 13.2 Å². The first-order valence-electron chi connectivity index (χ1n) is 7.08. The lowest BCUT2D eigenvalue weighted by Crippen LogP contribution is -2.35. The van der Waals surface area contributed by atoms with Gasteiger partial charge >= 0.3 is 0 Å². The van der Waals surface area contributed by atoms with E-state index in [1.165, 1.54) is 11.2 Å². The highest BCUT2D eigenvalue weighted by atomic mass is 32.2. The minimum atomic E-state index is -3.42. The van der Waals surface area contributed by atoms with Crippen LogP contribution in [0.15, 0.2) is 29.2 Å². The summed E-state index contributed by atoms with van der Waals surface area (Å²) in [5.74, 6) is -0.262. The van der Waals surface area contributed by atoms with Gasteiger partial charge in [0.15, 0.2) is 5.11 Å². The molecule has 120 valence electrons. The van der Waals surface area contributed by atoms with Crippen LogP contribution in [0.25, 0.3) is 0 Å². The third kappa shape index (κ3) is 4.25. The Bertz CT molecular complexity index is 650. The summed E-state index contributed by atoms with van der Waals surface area (Å²) in [7, 11) is -3.42. The van der Waals surface area contributed by atoms with Crippen molar-refractivity contribution in [1.29, 1.82) is 0 Å². The SMILES string of the molecule is CC(=O)NC(=S)Nc1ccc(S(=O)(=O)N2CCCCC2)cc1. The van der Waals surface area contributed by atoms with E-state index in [1.807, 2.05) is 0 Å². The van der Waals surface area contributed by atoms with Gasteiger partial charge in [0.2, 0.25) is 15.9 Å². The summed E-state index contributed by atoms with van der Waals surface area (Å²) in [6.07, 6.45) is 2.89. The van der Waals surface area contributed by atoms with Gasteiger partial charge in [-0.25, -0.2) is 8.42 Å². The predicted octanol–water partition coefficient (Wildman–Crippen LogP) is 1.69. The normalized spacial score (nSPS) is 16.0. The Labute approximate surface area is 135 Å². The molecule has 2 N–H and O–H groups in total. The van der Waals surface area contributed by atoms with Crippen molar-refractivity contribution >= 4 is 38.9 Å². The molecule has 1 fully saturated rings. The zero-order chi connectivity index (χ0) is 16.2. The Morgan fingerprint density at radius 3 is 2.27 bits per heavy atom. The minimum absolute atomic E-state index is 0.180. The topological polar surface area (TPSA) is 78.5 Å². The van der Waals surface area contributed by atoms with Crippen molar-refractivity contribution in [3.05, 3.63) is 24.3 Å². The fourth-order valence-corrected chi connectivity index (χ4v) is 4.07. The lowest BCUT2D eigenvalue weighted by atomic mass is 10.2. The van der Waals surface area contributed by atoms with Gasteiger partial charge in [-0.1, -0.05) is 6.42 Å². The molecule has 1 aromatic rings. The number of sulfonamides is 1. The van der Waals surface area contributed by atoms with Gasteiger partial charge in [0.05, 0.1) is 4.90 Å². The predicted molar refractivity (Wildman–Crippen MR) is 89.1 cm³/mol. The van der Waals surface area contributed by atoms with Crippen molar-refractivity contribution in [3.63, 3.8) is 0 Å². The summed E-state index contributed by atoms with van der Waals surface area (Å²) in [6.45, 7) is 2.52. The van der Waals surface area contributed by atoms with Crippen LogP contribution in [-0.2, 0) is 14.8 Å². The fraction of sp³-hybridized carbons (Fsp3) is 0.429. The Balaban J connectivity index is 2.07. The smallest absolute Gasteiger partial charge is 0.243 e. The molecule has 1 saturated heterocycles. The lowest BCUT2D eigenvalue weighted by molar-refractivity contribution is -0.117. The highest BCUT2D eigenvalue weighted by Gasteiger charge is 2.25. The molecule has 0 bridgehead atoms. The van der Waals surface area contributed by atoms with Gasteiger partial charge < -0.3 is 10.6 Å². The molecule has 0 aromatic heterocycles. The number of benzene rings is 1. The van der Waals surface area contributed by atoms with E-state index in [4.69, 9.17) is 12.2 Å². The van der Waals surface area contributed by atoms with Crippen molar-refractivity contribution in [2.45, 2.75) is 31.1 Å². The maximum atomic E-state index is 12.5. The maximum Gasteiger partial charge on any atom is 0.243 e. The molecule has 1 heterocycles. The molecule has 1 aliphatic rings. The van der Waals surface area contributed by atoms with Gasteiger partial charge in [0, 0.05) is 25.7 Å². The van der Waals surface area contributed by atoms with E-state index in [1.54, 1.807) is 24.3 Å². The number of carbonyl (C=O) groups is 1. The molecule has 1 aromatic carbocycles. The van der Waals surface area contributed by atoms with Crippen LogP contribution in [0.5, 0.6) is 0 Å². The van der Waals surface area contributed by atoms with Crippen LogP contribution < -0.4 is 10.6 Å². The van der Waals surface area contributed by atoms with Gasteiger partial charge in [0.1, 0.15) is 0 Å². The van der Waals surface area contributed by atoms with Crippen molar-refractivity contribution in [2.24, 2.45) is 0 Å². The molecular formula is C14H19N3O3S2. The molecule has 0 spiro atoms. The number of hydrogen-bond donors (Lipinski definition) is 2. The molecule has 6 nitrogen and oxygen atoms in total. The van der Waals surface area contributed by atoms with Gasteiger partial charge in [-0.15, -0.1) is 0 Å². The van der Waals surface area contributed by atoms with Crippen LogP contribution in [0, 0.1) is 0 Å². The van der Waals surface area contributed by atoms with Gasteiger partial charge in [-0.05, 0) is 49.3 Å². The van der Waals surface area contributed by atoms with Gasteiger partial charge in [-0.3, -0.25) is 4.79 Å². The second-order valence-electron chi connectivity index (χ2n) is 5.12. The molecule has 0 saturated carbocycles. The third-order valence-electron chi connectivity index (χ3n) is 3.35. The number of hydrogen-bond acceptors (Lipinski definition) is 4. The van der Waals surface area contributed by atoms with E-state index in [2.05, 4.69) is 10.6 Å². The lowest BCUT2D eigenvalue weighted by Gasteiger charge is -2.25. The summed E-state index contributed by atoms with van der Waals surface area (Å²) in [6, 6.07) is 6.35. The summed E-state index contributed by atoms with van der Waals surface area (Å²) >= 11 is 4.95. The second kappa shape index (κ2) is 7.17. The van der Waals surface area contributed by atoms with Crippen molar-refractivity contribution in [3.8, 4) is 0 Å². The zero-order valence-electron chi connectivity index (χ0n) is 12.3. The van der Waals surface area contributed by atoms with E-state index in [0.29, 0.717) is 18.8 Å². The average Bonchev–Trinajstić information content (AvgIpc) is 2.48. The number of nitrogens with one attached hydrogen (secondary N) is 2. The Kier molecular flexibility index (Phi) is 5.49. The number of amides is 1. The summed E-state index contributed by atoms with van der Waals surface area (Å²) in [5, 5.41) is 5.45. The first kappa shape index (κ1) is 16.9. The summed E-state index contributed by atoms with van der Waals surface area (Å²) in [5.41, 5.74) is 0.622. The number of thiocarbonyl (C=S) groups is 1. The fourth-order valence-electron chi connectivity index (χ4n) is 2.29. The van der Waals surface area contributed by atoms with Gasteiger partial charge in [0.25, 0.3) is 0 Å². The summed E-state index contributed by atoms with van der Waals surface area (Å²) < 4.78 is 26.5. The Morgan fingerprint density at radius 2 is 1.73 bits per heavy atom. The molecule has 0 radical (unpaired) electrons. The van der Waals surface area contributed by atoms with Gasteiger partial charge in [-0.2, -0.15) is 4.31 Å². The molecule has 0 atom stereocenters. The van der Waals surface area contributed by atoms with E-state index in [-0.39, 0.29) is 15.9 Å². The number of carbonyl (C=O) groups excluding carboxylic acids is 1. The van der Waals surface area contributed by atoms with Crippen molar-refractivity contribution < 1.29 is 13.2 Å². The Hall–Kier alpha value is -1.51. The van der Waals surface area contributed by atoms with Crippen LogP contribution in [0.2, 0.25) is 0 Å². The van der Waals surface area contributed by atoms with Crippen LogP contribution in [0.1, 0.15) is 26.2 Å². The second-order valence-corrected chi connectivity index (χ2v) is 7.47. The first-order chi connectivity index (χ1) is 10.4. The Morgan fingerprint density at radius 1 is 1.14 bits per heavy atom.